The van der Waals surface area contributed by atoms with Gasteiger partial charge in [0.2, 0.25) is 5.95 Å². The Bertz CT molecular complexity index is 511. The van der Waals surface area contributed by atoms with E-state index in [0.717, 1.165) is 51.6 Å². The highest BCUT2D eigenvalue weighted by Crippen LogP contribution is 2.09. The summed E-state index contributed by atoms with van der Waals surface area (Å²) in [5.41, 5.74) is 0. The Balaban J connectivity index is 1.47. The second-order valence-electron chi connectivity index (χ2n) is 5.03. The molecule has 108 valence electrons. The molecule has 7 nitrogen and oxygen atoms in total. The average molecular weight is 275 g/mol. The van der Waals surface area contributed by atoms with E-state index in [-0.39, 0.29) is 0 Å². The van der Waals surface area contributed by atoms with Gasteiger partial charge in [0.05, 0.1) is 0 Å². The molecule has 0 radical (unpaired) electrons. The number of aromatic nitrogens is 5. The van der Waals surface area contributed by atoms with Crippen LogP contribution in [0.5, 0.6) is 0 Å². The van der Waals surface area contributed by atoms with Crippen LogP contribution in [-0.4, -0.2) is 62.4 Å². The maximum atomic E-state index is 4.36. The second kappa shape index (κ2) is 6.04. The lowest BCUT2D eigenvalue weighted by Gasteiger charge is -2.34. The number of nitrogens with zero attached hydrogens (tertiary/aromatic N) is 6. The van der Waals surface area contributed by atoms with Gasteiger partial charge in [-0.3, -0.25) is 4.90 Å². The van der Waals surface area contributed by atoms with Gasteiger partial charge in [-0.05, 0) is 0 Å². The van der Waals surface area contributed by atoms with Crippen molar-refractivity contribution in [3.63, 3.8) is 0 Å². The van der Waals surface area contributed by atoms with E-state index < -0.39 is 0 Å². The largest absolute Gasteiger partial charge is 0.339 e. The van der Waals surface area contributed by atoms with Crippen LogP contribution >= 0.6 is 0 Å². The van der Waals surface area contributed by atoms with Crippen molar-refractivity contribution in [1.82, 2.24) is 29.6 Å². The lowest BCUT2D eigenvalue weighted by atomic mass is 10.3. The summed E-state index contributed by atoms with van der Waals surface area (Å²) >= 11 is 0. The lowest BCUT2D eigenvalue weighted by molar-refractivity contribution is 0.246. The van der Waals surface area contributed by atoms with Crippen LogP contribution < -0.4 is 4.90 Å². The molecule has 2 aromatic heterocycles. The molecule has 7 heteroatoms. The first-order chi connectivity index (χ1) is 9.86. The van der Waals surface area contributed by atoms with Gasteiger partial charge in [-0.2, -0.15) is 10.1 Å². The number of rotatable bonds is 5. The Kier molecular flexibility index (Phi) is 3.96. The topological polar surface area (TPSA) is 65.9 Å². The zero-order chi connectivity index (χ0) is 13.8. The number of imidazole rings is 1. The normalized spacial score (nSPS) is 16.8. The molecule has 0 saturated carbocycles. The number of aryl methyl sites for hydroxylation is 1. The number of hydrogen-bond donors (Lipinski definition) is 1. The van der Waals surface area contributed by atoms with Crippen LogP contribution in [0.15, 0.2) is 18.7 Å². The van der Waals surface area contributed by atoms with E-state index >= 15 is 0 Å². The van der Waals surface area contributed by atoms with Gasteiger partial charge >= 0.3 is 0 Å². The molecule has 0 amide bonds. The van der Waals surface area contributed by atoms with Crippen molar-refractivity contribution in [3.05, 3.63) is 24.5 Å². The Morgan fingerprint density at radius 3 is 2.70 bits per heavy atom. The van der Waals surface area contributed by atoms with Gasteiger partial charge in [-0.25, -0.2) is 10.1 Å². The summed E-state index contributed by atoms with van der Waals surface area (Å²) in [7, 11) is 0. The highest BCUT2D eigenvalue weighted by Gasteiger charge is 2.18. The standard InChI is InChI=1S/C13H21N7/c1-2-12-14-3-4-19(12)8-5-18-6-9-20(10-7-18)13-15-11-16-17-13/h3-4,11H,2,5-10H2,1H3,(H,15,16,17). The third kappa shape index (κ3) is 2.82. The minimum Gasteiger partial charge on any atom is -0.339 e. The van der Waals surface area contributed by atoms with Crippen LogP contribution in [0.1, 0.15) is 12.7 Å². The molecule has 2 aromatic rings. The molecule has 3 rings (SSSR count). The van der Waals surface area contributed by atoms with Crippen molar-refractivity contribution in [2.75, 3.05) is 37.6 Å². The molecule has 1 N–H and O–H groups in total. The summed E-state index contributed by atoms with van der Waals surface area (Å²) in [5, 5.41) is 6.83. The van der Waals surface area contributed by atoms with Crippen molar-refractivity contribution < 1.29 is 0 Å². The van der Waals surface area contributed by atoms with Gasteiger partial charge in [0.25, 0.3) is 0 Å². The van der Waals surface area contributed by atoms with E-state index in [1.807, 2.05) is 6.20 Å². The van der Waals surface area contributed by atoms with Crippen molar-refractivity contribution in [3.8, 4) is 0 Å². The maximum Gasteiger partial charge on any atom is 0.221 e. The molecule has 1 saturated heterocycles. The van der Waals surface area contributed by atoms with Crippen molar-refractivity contribution >= 4 is 5.95 Å². The SMILES string of the molecule is CCc1nccn1CCN1CCN(c2ncn[nH]2)CC1. The third-order valence-electron chi connectivity index (χ3n) is 3.85. The van der Waals surface area contributed by atoms with E-state index in [0.29, 0.717) is 0 Å². The molecule has 0 aromatic carbocycles. The Labute approximate surface area is 118 Å². The smallest absolute Gasteiger partial charge is 0.221 e. The van der Waals surface area contributed by atoms with Crippen molar-refractivity contribution in [1.29, 1.82) is 0 Å². The van der Waals surface area contributed by atoms with Gasteiger partial charge in [-0.1, -0.05) is 6.92 Å². The number of nitrogens with one attached hydrogen (secondary N) is 1. The van der Waals surface area contributed by atoms with Crippen molar-refractivity contribution in [2.24, 2.45) is 0 Å². The molecule has 20 heavy (non-hydrogen) atoms. The highest BCUT2D eigenvalue weighted by atomic mass is 15.4. The molecule has 1 aliphatic rings. The van der Waals surface area contributed by atoms with E-state index in [4.69, 9.17) is 0 Å². The van der Waals surface area contributed by atoms with Crippen LogP contribution in [0.3, 0.4) is 0 Å². The van der Waals surface area contributed by atoms with E-state index in [1.54, 1.807) is 6.33 Å². The average Bonchev–Trinajstić information content (AvgIpc) is 3.16. The molecule has 0 aliphatic carbocycles. The number of hydrogen-bond acceptors (Lipinski definition) is 5. The van der Waals surface area contributed by atoms with Crippen molar-refractivity contribution in [2.45, 2.75) is 19.9 Å². The van der Waals surface area contributed by atoms with Crippen LogP contribution in [0.4, 0.5) is 5.95 Å². The fourth-order valence-corrected chi connectivity index (χ4v) is 2.64. The predicted molar refractivity (Wildman–Crippen MR) is 76.6 cm³/mol. The van der Waals surface area contributed by atoms with Gasteiger partial charge in [-0.15, -0.1) is 0 Å². The van der Waals surface area contributed by atoms with E-state index in [2.05, 4.69) is 47.7 Å². The zero-order valence-electron chi connectivity index (χ0n) is 11.9. The molecule has 0 spiro atoms. The summed E-state index contributed by atoms with van der Waals surface area (Å²) in [4.78, 5) is 13.3. The predicted octanol–water partition coefficient (Wildman–Crippen LogP) is 0.386. The fourth-order valence-electron chi connectivity index (χ4n) is 2.64. The quantitative estimate of drug-likeness (QED) is 0.855. The summed E-state index contributed by atoms with van der Waals surface area (Å²) in [6.07, 6.45) is 6.52. The summed E-state index contributed by atoms with van der Waals surface area (Å²) < 4.78 is 2.25. The van der Waals surface area contributed by atoms with E-state index in [1.165, 1.54) is 5.82 Å². The molecule has 0 atom stereocenters. The molecule has 3 heterocycles. The highest BCUT2D eigenvalue weighted by molar-refractivity contribution is 5.27. The molecule has 0 bridgehead atoms. The minimum atomic E-state index is 0.882. The van der Waals surface area contributed by atoms with E-state index in [9.17, 15) is 0 Å². The first kappa shape index (κ1) is 13.1. The monoisotopic (exact) mass is 275 g/mol. The van der Waals surface area contributed by atoms with Gasteiger partial charge in [0.1, 0.15) is 12.2 Å². The third-order valence-corrected chi connectivity index (χ3v) is 3.85. The van der Waals surface area contributed by atoms with Crippen LogP contribution in [0.2, 0.25) is 0 Å². The zero-order valence-corrected chi connectivity index (χ0v) is 11.9. The Morgan fingerprint density at radius 2 is 2.00 bits per heavy atom. The maximum absolute atomic E-state index is 4.36. The summed E-state index contributed by atoms with van der Waals surface area (Å²) in [6.45, 7) is 8.38. The van der Waals surface area contributed by atoms with Crippen LogP contribution in [-0.2, 0) is 13.0 Å². The van der Waals surface area contributed by atoms with Crippen LogP contribution in [0.25, 0.3) is 0 Å². The number of piperazine rings is 1. The Hall–Kier alpha value is -1.89. The Morgan fingerprint density at radius 1 is 1.15 bits per heavy atom. The number of anilines is 1. The summed E-state index contributed by atoms with van der Waals surface area (Å²) in [6, 6.07) is 0. The summed E-state index contributed by atoms with van der Waals surface area (Å²) in [5.74, 6) is 2.05. The second-order valence-corrected chi connectivity index (χ2v) is 5.03. The number of aromatic amines is 1. The van der Waals surface area contributed by atoms with Crippen LogP contribution in [0, 0.1) is 0 Å². The lowest BCUT2D eigenvalue weighted by Crippen LogP contribution is -2.47. The molecule has 1 fully saturated rings. The molecule has 0 unspecified atom stereocenters. The van der Waals surface area contributed by atoms with Gasteiger partial charge in [0.15, 0.2) is 0 Å². The fraction of sp³-hybridized carbons (Fsp3) is 0.615. The molecular weight excluding hydrogens is 254 g/mol. The first-order valence-electron chi connectivity index (χ1n) is 7.19. The first-order valence-corrected chi connectivity index (χ1v) is 7.19. The molecule has 1 aliphatic heterocycles. The van der Waals surface area contributed by atoms with Gasteiger partial charge < -0.3 is 9.47 Å². The number of H-pyrrole nitrogens is 1. The van der Waals surface area contributed by atoms with Gasteiger partial charge in [0, 0.05) is 58.1 Å². The molecular formula is C13H21N7. The minimum absolute atomic E-state index is 0.882.